The van der Waals surface area contributed by atoms with E-state index in [0.29, 0.717) is 23.5 Å². The van der Waals surface area contributed by atoms with Crippen LogP contribution in [-0.4, -0.2) is 22.6 Å². The molecule has 1 aromatic carbocycles. The predicted molar refractivity (Wildman–Crippen MR) is 79.7 cm³/mol. The Morgan fingerprint density at radius 1 is 1.42 bits per heavy atom. The second-order valence-corrected chi connectivity index (χ2v) is 5.66. The first-order valence-corrected chi connectivity index (χ1v) is 7.50. The van der Waals surface area contributed by atoms with Crippen molar-refractivity contribution < 1.29 is 9.15 Å². The summed E-state index contributed by atoms with van der Waals surface area (Å²) in [5.74, 6) is 1.90. The number of halogens is 1. The molecule has 1 aromatic heterocycles. The molecule has 0 aliphatic carbocycles. The molecule has 0 amide bonds. The zero-order valence-corrected chi connectivity index (χ0v) is 12.8. The zero-order chi connectivity index (χ0) is 13.7. The van der Waals surface area contributed by atoms with Crippen LogP contribution in [0.25, 0.3) is 11.5 Å². The molecule has 0 aliphatic heterocycles. The summed E-state index contributed by atoms with van der Waals surface area (Å²) in [6, 6.07) is 7.61. The van der Waals surface area contributed by atoms with Gasteiger partial charge in [0.05, 0.1) is 12.2 Å². The number of hydrogen-bond donors (Lipinski definition) is 0. The summed E-state index contributed by atoms with van der Waals surface area (Å²) in [7, 11) is 0. The lowest BCUT2D eigenvalue weighted by Gasteiger charge is -2.05. The summed E-state index contributed by atoms with van der Waals surface area (Å²) in [4.78, 5) is 0. The van der Waals surface area contributed by atoms with Gasteiger partial charge in [0.1, 0.15) is 5.75 Å². The number of ether oxygens (including phenoxy) is 1. The summed E-state index contributed by atoms with van der Waals surface area (Å²) in [5.41, 5.74) is 0.807. The standard InChI is InChI=1S/C13H13BrN2O2S/c1-3-17-11-7-5-4-6-10(11)12-15-16-13(18-12)19-8-9(2)14/h4-7H,2-3,8H2,1H3. The van der Waals surface area contributed by atoms with Crippen LogP contribution in [0, 0.1) is 0 Å². The second-order valence-electron chi connectivity index (χ2n) is 3.61. The first-order valence-electron chi connectivity index (χ1n) is 5.72. The fourth-order valence-electron chi connectivity index (χ4n) is 1.44. The summed E-state index contributed by atoms with van der Waals surface area (Å²) in [6.45, 7) is 6.29. The maximum Gasteiger partial charge on any atom is 0.277 e. The molecule has 0 saturated heterocycles. The van der Waals surface area contributed by atoms with Crippen molar-refractivity contribution in [1.82, 2.24) is 10.2 Å². The molecular weight excluding hydrogens is 328 g/mol. The zero-order valence-electron chi connectivity index (χ0n) is 10.4. The maximum absolute atomic E-state index is 5.61. The van der Waals surface area contributed by atoms with Gasteiger partial charge in [-0.15, -0.1) is 10.2 Å². The minimum Gasteiger partial charge on any atom is -0.493 e. The Kier molecular flexibility index (Phi) is 5.04. The molecule has 0 aliphatic rings. The highest BCUT2D eigenvalue weighted by molar-refractivity contribution is 9.11. The number of aromatic nitrogens is 2. The fraction of sp³-hybridized carbons (Fsp3) is 0.231. The Bertz CT molecular complexity index is 571. The minimum absolute atomic E-state index is 0.465. The van der Waals surface area contributed by atoms with Crippen molar-refractivity contribution in [3.8, 4) is 17.2 Å². The summed E-state index contributed by atoms with van der Waals surface area (Å²) < 4.78 is 12.0. The van der Waals surface area contributed by atoms with Crippen molar-refractivity contribution in [3.05, 3.63) is 35.3 Å². The summed E-state index contributed by atoms with van der Waals surface area (Å²) >= 11 is 4.73. The van der Waals surface area contributed by atoms with E-state index in [9.17, 15) is 0 Å². The van der Waals surface area contributed by atoms with Crippen LogP contribution in [0.4, 0.5) is 0 Å². The molecule has 0 saturated carbocycles. The lowest BCUT2D eigenvalue weighted by atomic mass is 10.2. The first kappa shape index (κ1) is 14.1. The molecule has 0 fully saturated rings. The van der Waals surface area contributed by atoms with Crippen molar-refractivity contribution in [2.45, 2.75) is 12.1 Å². The van der Waals surface area contributed by atoms with Gasteiger partial charge < -0.3 is 9.15 Å². The maximum atomic E-state index is 5.61. The summed E-state index contributed by atoms with van der Waals surface area (Å²) in [6.07, 6.45) is 0. The number of hydrogen-bond acceptors (Lipinski definition) is 5. The highest BCUT2D eigenvalue weighted by atomic mass is 79.9. The molecule has 100 valence electrons. The van der Waals surface area contributed by atoms with Gasteiger partial charge in [-0.3, -0.25) is 0 Å². The molecule has 2 rings (SSSR count). The Balaban J connectivity index is 2.20. The molecule has 4 nitrogen and oxygen atoms in total. The average Bonchev–Trinajstić information content (AvgIpc) is 2.86. The van der Waals surface area contributed by atoms with Crippen LogP contribution in [0.5, 0.6) is 5.75 Å². The Morgan fingerprint density at radius 3 is 2.95 bits per heavy atom. The number of benzene rings is 1. The van der Waals surface area contributed by atoms with Crippen LogP contribution >= 0.6 is 27.7 Å². The average molecular weight is 341 g/mol. The molecule has 0 atom stereocenters. The topological polar surface area (TPSA) is 48.2 Å². The van der Waals surface area contributed by atoms with Gasteiger partial charge in [-0.2, -0.15) is 0 Å². The van der Waals surface area contributed by atoms with Crippen LogP contribution in [0.2, 0.25) is 0 Å². The minimum atomic E-state index is 0.465. The van der Waals surface area contributed by atoms with Crippen molar-refractivity contribution in [2.75, 3.05) is 12.4 Å². The molecule has 0 radical (unpaired) electrons. The van der Waals surface area contributed by atoms with E-state index in [1.165, 1.54) is 11.8 Å². The van der Waals surface area contributed by atoms with Crippen LogP contribution in [0.15, 0.2) is 45.0 Å². The smallest absolute Gasteiger partial charge is 0.277 e. The van der Waals surface area contributed by atoms with E-state index in [0.717, 1.165) is 15.8 Å². The van der Waals surface area contributed by atoms with Crippen LogP contribution in [-0.2, 0) is 0 Å². The normalized spacial score (nSPS) is 10.4. The lowest BCUT2D eigenvalue weighted by Crippen LogP contribution is -1.93. The van der Waals surface area contributed by atoms with E-state index in [1.54, 1.807) is 0 Å². The third-order valence-corrected chi connectivity index (χ3v) is 3.73. The van der Waals surface area contributed by atoms with E-state index < -0.39 is 0 Å². The van der Waals surface area contributed by atoms with Gasteiger partial charge in [-0.1, -0.05) is 46.4 Å². The Morgan fingerprint density at radius 2 is 2.21 bits per heavy atom. The third kappa shape index (κ3) is 3.84. The van der Waals surface area contributed by atoms with Crippen molar-refractivity contribution >= 4 is 27.7 Å². The SMILES string of the molecule is C=C(Br)CSc1nnc(-c2ccccc2OCC)o1. The van der Waals surface area contributed by atoms with Gasteiger partial charge in [0.25, 0.3) is 11.1 Å². The largest absolute Gasteiger partial charge is 0.493 e. The Labute approximate surface area is 124 Å². The van der Waals surface area contributed by atoms with Crippen LogP contribution in [0.3, 0.4) is 0 Å². The molecular formula is C13H13BrN2O2S. The van der Waals surface area contributed by atoms with Crippen molar-refractivity contribution in [3.63, 3.8) is 0 Å². The van der Waals surface area contributed by atoms with Crippen molar-refractivity contribution in [2.24, 2.45) is 0 Å². The summed E-state index contributed by atoms with van der Waals surface area (Å²) in [5, 5.41) is 8.56. The molecule has 0 unspecified atom stereocenters. The monoisotopic (exact) mass is 340 g/mol. The molecule has 0 spiro atoms. The van der Waals surface area contributed by atoms with E-state index >= 15 is 0 Å². The number of thioether (sulfide) groups is 1. The van der Waals surface area contributed by atoms with Gasteiger partial charge in [0.15, 0.2) is 0 Å². The number of nitrogens with zero attached hydrogens (tertiary/aromatic N) is 2. The highest BCUT2D eigenvalue weighted by Crippen LogP contribution is 2.31. The molecule has 0 bridgehead atoms. The van der Waals surface area contributed by atoms with Gasteiger partial charge in [-0.25, -0.2) is 0 Å². The van der Waals surface area contributed by atoms with Gasteiger partial charge in [0.2, 0.25) is 0 Å². The Hall–Kier alpha value is -1.27. The van der Waals surface area contributed by atoms with E-state index in [2.05, 4.69) is 32.7 Å². The lowest BCUT2D eigenvalue weighted by molar-refractivity contribution is 0.340. The van der Waals surface area contributed by atoms with Gasteiger partial charge >= 0.3 is 0 Å². The van der Waals surface area contributed by atoms with Crippen LogP contribution < -0.4 is 4.74 Å². The molecule has 1 heterocycles. The molecule has 0 N–H and O–H groups in total. The number of para-hydroxylation sites is 1. The van der Waals surface area contributed by atoms with Crippen molar-refractivity contribution in [1.29, 1.82) is 0 Å². The van der Waals surface area contributed by atoms with E-state index in [-0.39, 0.29) is 0 Å². The van der Waals surface area contributed by atoms with Gasteiger partial charge in [-0.05, 0) is 23.5 Å². The van der Waals surface area contributed by atoms with Crippen LogP contribution in [0.1, 0.15) is 6.92 Å². The molecule has 19 heavy (non-hydrogen) atoms. The van der Waals surface area contributed by atoms with E-state index in [4.69, 9.17) is 9.15 Å². The van der Waals surface area contributed by atoms with E-state index in [1.807, 2.05) is 31.2 Å². The highest BCUT2D eigenvalue weighted by Gasteiger charge is 2.13. The molecule has 6 heteroatoms. The first-order chi connectivity index (χ1) is 9.20. The number of rotatable bonds is 6. The van der Waals surface area contributed by atoms with Gasteiger partial charge in [0, 0.05) is 5.75 Å². The predicted octanol–water partition coefficient (Wildman–Crippen LogP) is 4.14. The fourth-order valence-corrected chi connectivity index (χ4v) is 2.30. The molecule has 2 aromatic rings. The third-order valence-electron chi connectivity index (χ3n) is 2.18. The second kappa shape index (κ2) is 6.77. The quantitative estimate of drug-likeness (QED) is 0.739.